The van der Waals surface area contributed by atoms with Gasteiger partial charge in [-0.15, -0.1) is 0 Å². The van der Waals surface area contributed by atoms with Crippen LogP contribution in [0.3, 0.4) is 0 Å². The molecule has 0 bridgehead atoms. The summed E-state index contributed by atoms with van der Waals surface area (Å²) >= 11 is 0. The van der Waals surface area contributed by atoms with Crippen LogP contribution in [0.25, 0.3) is 0 Å². The van der Waals surface area contributed by atoms with Gasteiger partial charge in [0.25, 0.3) is 0 Å². The molecule has 5 heteroatoms. The predicted octanol–water partition coefficient (Wildman–Crippen LogP) is 3.88. The molecule has 1 heterocycles. The molecular weight excluding hydrogens is 368 g/mol. The number of rotatable bonds is 5. The molecule has 4 rings (SSSR count). The average Bonchev–Trinajstić information content (AvgIpc) is 3.04. The van der Waals surface area contributed by atoms with Crippen molar-refractivity contribution < 1.29 is 23.9 Å². The van der Waals surface area contributed by atoms with Crippen molar-refractivity contribution in [3.8, 4) is 0 Å². The van der Waals surface area contributed by atoms with Gasteiger partial charge in [-0.2, -0.15) is 0 Å². The first kappa shape index (κ1) is 19.4. The van der Waals surface area contributed by atoms with E-state index in [0.29, 0.717) is 12.8 Å². The van der Waals surface area contributed by atoms with E-state index in [0.717, 1.165) is 16.7 Å². The van der Waals surface area contributed by atoms with Crippen LogP contribution in [0.1, 0.15) is 48.3 Å². The number of fused-ring (bicyclic) bond motifs is 1. The van der Waals surface area contributed by atoms with Crippen molar-refractivity contribution >= 4 is 17.7 Å². The second-order valence-corrected chi connectivity index (χ2v) is 8.11. The first-order valence-electron chi connectivity index (χ1n) is 9.95. The van der Waals surface area contributed by atoms with E-state index >= 15 is 0 Å². The number of hydrogen-bond donors (Lipinski definition) is 0. The van der Waals surface area contributed by atoms with Crippen LogP contribution in [0.4, 0.5) is 0 Å². The van der Waals surface area contributed by atoms with Crippen molar-refractivity contribution in [2.45, 2.75) is 51.2 Å². The van der Waals surface area contributed by atoms with Crippen LogP contribution in [-0.2, 0) is 30.5 Å². The largest absolute Gasteiger partial charge is 0.461 e. The van der Waals surface area contributed by atoms with Crippen molar-refractivity contribution in [3.63, 3.8) is 0 Å². The molecule has 29 heavy (non-hydrogen) atoms. The molecule has 2 aromatic carbocycles. The second-order valence-electron chi connectivity index (χ2n) is 8.11. The number of carbonyl (C=O) groups is 3. The van der Waals surface area contributed by atoms with Gasteiger partial charge in [0, 0.05) is 6.42 Å². The lowest BCUT2D eigenvalue weighted by atomic mass is 9.64. The molecule has 2 aliphatic rings. The Hall–Kier alpha value is -2.95. The van der Waals surface area contributed by atoms with E-state index in [1.165, 1.54) is 0 Å². The van der Waals surface area contributed by atoms with Gasteiger partial charge in [0.05, 0.1) is 18.3 Å². The summed E-state index contributed by atoms with van der Waals surface area (Å²) in [5.41, 5.74) is 2.00. The van der Waals surface area contributed by atoms with Gasteiger partial charge in [-0.1, -0.05) is 60.2 Å². The fourth-order valence-corrected chi connectivity index (χ4v) is 4.42. The molecule has 150 valence electrons. The predicted molar refractivity (Wildman–Crippen MR) is 106 cm³/mol. The third-order valence-corrected chi connectivity index (χ3v) is 6.09. The highest BCUT2D eigenvalue weighted by Gasteiger charge is 2.58. The minimum atomic E-state index is -1.09. The van der Waals surface area contributed by atoms with Gasteiger partial charge in [0.1, 0.15) is 18.5 Å². The summed E-state index contributed by atoms with van der Waals surface area (Å²) in [6.45, 7) is 2.16. The number of carbonyl (C=O) groups excluding carboxylic acids is 3. The lowest BCUT2D eigenvalue weighted by Gasteiger charge is -2.38. The molecule has 0 radical (unpaired) electrons. The first-order valence-corrected chi connectivity index (χ1v) is 9.95. The van der Waals surface area contributed by atoms with Gasteiger partial charge in [-0.25, -0.2) is 0 Å². The van der Waals surface area contributed by atoms with Crippen LogP contribution in [-0.4, -0.2) is 23.8 Å². The maximum atomic E-state index is 13.2. The highest BCUT2D eigenvalue weighted by atomic mass is 16.6. The third-order valence-electron chi connectivity index (χ3n) is 6.09. The number of aryl methyl sites for hydroxylation is 1. The van der Waals surface area contributed by atoms with Crippen LogP contribution in [0.5, 0.6) is 0 Å². The summed E-state index contributed by atoms with van der Waals surface area (Å²) < 4.78 is 10.9. The summed E-state index contributed by atoms with van der Waals surface area (Å²) in [6, 6.07) is 17.4. The van der Waals surface area contributed by atoms with E-state index in [9.17, 15) is 14.4 Å². The molecule has 1 aliphatic carbocycles. The number of hydrogen-bond acceptors (Lipinski definition) is 5. The zero-order valence-electron chi connectivity index (χ0n) is 16.4. The lowest BCUT2D eigenvalue weighted by molar-refractivity contribution is -0.156. The number of ether oxygens (including phenoxy) is 2. The SMILES string of the molecule is Cc1ccc(C2CC(=O)C3(CC(=O)OCc4ccccc4)CC(=O)OC3C2)cc1. The minimum Gasteiger partial charge on any atom is -0.461 e. The zero-order chi connectivity index (χ0) is 20.4. The van der Waals surface area contributed by atoms with Crippen molar-refractivity contribution in [2.24, 2.45) is 5.41 Å². The van der Waals surface area contributed by atoms with Gasteiger partial charge in [-0.3, -0.25) is 14.4 Å². The van der Waals surface area contributed by atoms with Gasteiger partial charge < -0.3 is 9.47 Å². The summed E-state index contributed by atoms with van der Waals surface area (Å²) in [5, 5.41) is 0. The maximum absolute atomic E-state index is 13.2. The maximum Gasteiger partial charge on any atom is 0.307 e. The van der Waals surface area contributed by atoms with Gasteiger partial charge in [-0.05, 0) is 30.4 Å². The van der Waals surface area contributed by atoms with Crippen LogP contribution in [0.15, 0.2) is 54.6 Å². The van der Waals surface area contributed by atoms with E-state index in [4.69, 9.17) is 9.47 Å². The van der Waals surface area contributed by atoms with E-state index in [2.05, 4.69) is 0 Å². The molecule has 0 N–H and O–H groups in total. The Balaban J connectivity index is 1.47. The lowest BCUT2D eigenvalue weighted by Crippen LogP contribution is -2.46. The van der Waals surface area contributed by atoms with Crippen LogP contribution in [0, 0.1) is 12.3 Å². The Morgan fingerprint density at radius 1 is 1.10 bits per heavy atom. The highest BCUT2D eigenvalue weighted by Crippen LogP contribution is 2.50. The molecular formula is C24H24O5. The topological polar surface area (TPSA) is 69.7 Å². The fourth-order valence-electron chi connectivity index (χ4n) is 4.42. The Bertz CT molecular complexity index is 918. The fraction of sp³-hybridized carbons (Fsp3) is 0.375. The zero-order valence-corrected chi connectivity index (χ0v) is 16.4. The Kier molecular flexibility index (Phi) is 5.22. The number of benzene rings is 2. The molecule has 0 spiro atoms. The van der Waals surface area contributed by atoms with Gasteiger partial charge in [0.15, 0.2) is 0 Å². The Morgan fingerprint density at radius 2 is 1.83 bits per heavy atom. The molecule has 3 unspecified atom stereocenters. The van der Waals surface area contributed by atoms with Crippen molar-refractivity contribution in [3.05, 3.63) is 71.3 Å². The van der Waals surface area contributed by atoms with Crippen LogP contribution < -0.4 is 0 Å². The molecule has 1 saturated carbocycles. The minimum absolute atomic E-state index is 0.00698. The molecule has 3 atom stereocenters. The van der Waals surface area contributed by atoms with E-state index in [-0.39, 0.29) is 31.1 Å². The second kappa shape index (κ2) is 7.82. The number of ketones is 1. The number of esters is 2. The highest BCUT2D eigenvalue weighted by molar-refractivity contribution is 5.96. The van der Waals surface area contributed by atoms with Crippen LogP contribution >= 0.6 is 0 Å². The summed E-state index contributed by atoms with van der Waals surface area (Å²) in [7, 11) is 0. The molecule has 1 saturated heterocycles. The molecule has 0 amide bonds. The summed E-state index contributed by atoms with van der Waals surface area (Å²) in [6.07, 6.45) is 0.119. The van der Waals surface area contributed by atoms with Crippen molar-refractivity contribution in [2.75, 3.05) is 0 Å². The van der Waals surface area contributed by atoms with Gasteiger partial charge >= 0.3 is 11.9 Å². The first-order chi connectivity index (χ1) is 14.0. The van der Waals surface area contributed by atoms with E-state index in [1.54, 1.807) is 0 Å². The Morgan fingerprint density at radius 3 is 2.55 bits per heavy atom. The normalized spacial score (nSPS) is 26.0. The molecule has 1 aliphatic heterocycles. The van der Waals surface area contributed by atoms with Gasteiger partial charge in [0.2, 0.25) is 0 Å². The Labute approximate surface area is 170 Å². The third kappa shape index (κ3) is 3.95. The van der Waals surface area contributed by atoms with E-state index in [1.807, 2.05) is 61.5 Å². The quantitative estimate of drug-likeness (QED) is 0.723. The summed E-state index contributed by atoms with van der Waals surface area (Å²) in [4.78, 5) is 37.8. The molecule has 0 aromatic heterocycles. The van der Waals surface area contributed by atoms with Crippen molar-refractivity contribution in [1.82, 2.24) is 0 Å². The standard InChI is InChI=1S/C24H24O5/c1-16-7-9-18(10-8-16)19-11-20(25)24(14-23(27)29-21(24)12-19)13-22(26)28-15-17-5-3-2-4-6-17/h2-10,19,21H,11-15H2,1H3. The van der Waals surface area contributed by atoms with E-state index < -0.39 is 23.5 Å². The summed E-state index contributed by atoms with van der Waals surface area (Å²) in [5.74, 6) is -0.975. The number of Topliss-reactive ketones (excluding diaryl/α,β-unsaturated/α-hetero) is 1. The molecule has 2 aromatic rings. The average molecular weight is 392 g/mol. The van der Waals surface area contributed by atoms with Crippen molar-refractivity contribution in [1.29, 1.82) is 0 Å². The van der Waals surface area contributed by atoms with Crippen LogP contribution in [0.2, 0.25) is 0 Å². The monoisotopic (exact) mass is 392 g/mol. The smallest absolute Gasteiger partial charge is 0.307 e. The molecule has 5 nitrogen and oxygen atoms in total. The molecule has 2 fully saturated rings.